The summed E-state index contributed by atoms with van der Waals surface area (Å²) >= 11 is 0. The van der Waals surface area contributed by atoms with Crippen molar-refractivity contribution in [3.63, 3.8) is 0 Å². The third-order valence-electron chi connectivity index (χ3n) is 5.71. The van der Waals surface area contributed by atoms with E-state index in [2.05, 4.69) is 9.55 Å². The number of likely N-dealkylation sites (N-methyl/N-ethyl adjacent to an activating group) is 1. The maximum absolute atomic E-state index is 13.9. The third-order valence-corrected chi connectivity index (χ3v) is 7.52. The van der Waals surface area contributed by atoms with Crippen molar-refractivity contribution in [3.8, 4) is 11.8 Å². The highest BCUT2D eigenvalue weighted by molar-refractivity contribution is 7.92. The summed E-state index contributed by atoms with van der Waals surface area (Å²) in [4.78, 5) is 6.43. The summed E-state index contributed by atoms with van der Waals surface area (Å²) in [5.41, 5.74) is 2.38. The second kappa shape index (κ2) is 8.92. The van der Waals surface area contributed by atoms with Gasteiger partial charge >= 0.3 is 0 Å². The van der Waals surface area contributed by atoms with E-state index in [1.807, 2.05) is 56.4 Å². The van der Waals surface area contributed by atoms with Gasteiger partial charge in [0.1, 0.15) is 5.69 Å². The first kappa shape index (κ1) is 22.9. The summed E-state index contributed by atoms with van der Waals surface area (Å²) in [5.74, 6) is 0.528. The zero-order valence-electron chi connectivity index (χ0n) is 19.4. The van der Waals surface area contributed by atoms with Gasteiger partial charge in [-0.05, 0) is 44.4 Å². The Hall–Kier alpha value is -3.30. The minimum Gasteiger partial charge on any atom is -0.481 e. The van der Waals surface area contributed by atoms with Crippen LogP contribution in [0.25, 0.3) is 21.8 Å². The molecule has 4 aromatic rings. The number of fused-ring (bicyclic) bond motifs is 3. The molecule has 2 aromatic carbocycles. The normalized spacial score (nSPS) is 11.9. The highest BCUT2D eigenvalue weighted by Gasteiger charge is 2.29. The maximum Gasteiger partial charge on any atom is 0.264 e. The lowest BCUT2D eigenvalue weighted by atomic mass is 10.1. The number of rotatable bonds is 8. The highest BCUT2D eigenvalue weighted by Crippen LogP contribution is 2.35. The molecule has 9 heteroatoms. The number of ether oxygens (including phenoxy) is 2. The van der Waals surface area contributed by atoms with Crippen molar-refractivity contribution in [2.75, 3.05) is 45.7 Å². The fourth-order valence-corrected chi connectivity index (χ4v) is 5.45. The van der Waals surface area contributed by atoms with Gasteiger partial charge in [-0.15, -0.1) is 0 Å². The summed E-state index contributed by atoms with van der Waals surface area (Å²) in [5, 5.41) is 1.90. The number of hydrogen-bond donors (Lipinski definition) is 0. The molecule has 0 saturated heterocycles. The number of anilines is 1. The first-order valence-corrected chi connectivity index (χ1v) is 12.0. The molecule has 0 aliphatic carbocycles. The van der Waals surface area contributed by atoms with Gasteiger partial charge in [0, 0.05) is 48.0 Å². The van der Waals surface area contributed by atoms with Crippen molar-refractivity contribution in [3.05, 3.63) is 54.6 Å². The van der Waals surface area contributed by atoms with Crippen LogP contribution in [0.1, 0.15) is 0 Å². The Morgan fingerprint density at radius 3 is 2.33 bits per heavy atom. The van der Waals surface area contributed by atoms with E-state index in [9.17, 15) is 8.42 Å². The van der Waals surface area contributed by atoms with Gasteiger partial charge in [0.25, 0.3) is 10.0 Å². The van der Waals surface area contributed by atoms with Crippen molar-refractivity contribution < 1.29 is 17.9 Å². The van der Waals surface area contributed by atoms with E-state index in [1.54, 1.807) is 24.3 Å². The minimum atomic E-state index is -3.92. The fourth-order valence-electron chi connectivity index (χ4n) is 3.97. The predicted octanol–water partition coefficient (Wildman–Crippen LogP) is 3.50. The van der Waals surface area contributed by atoms with Crippen molar-refractivity contribution >= 4 is 37.5 Å². The molecule has 2 heterocycles. The van der Waals surface area contributed by atoms with E-state index in [0.29, 0.717) is 18.1 Å². The van der Waals surface area contributed by atoms with E-state index >= 15 is 0 Å². The Morgan fingerprint density at radius 2 is 1.64 bits per heavy atom. The van der Waals surface area contributed by atoms with Gasteiger partial charge in [-0.1, -0.05) is 18.2 Å². The Kier molecular flexibility index (Phi) is 6.18. The molecular formula is C24H28N4O4S. The lowest BCUT2D eigenvalue weighted by Gasteiger charge is -2.27. The van der Waals surface area contributed by atoms with Crippen molar-refractivity contribution in [2.24, 2.45) is 7.05 Å². The van der Waals surface area contributed by atoms with Gasteiger partial charge in [0.05, 0.1) is 19.1 Å². The van der Waals surface area contributed by atoms with E-state index in [0.717, 1.165) is 21.8 Å². The summed E-state index contributed by atoms with van der Waals surface area (Å²) in [6.45, 7) is 0.748. The summed E-state index contributed by atoms with van der Waals surface area (Å²) < 4.78 is 41.9. The number of hydrogen-bond acceptors (Lipinski definition) is 6. The molecule has 0 spiro atoms. The number of nitrogens with zero attached hydrogens (tertiary/aromatic N) is 4. The molecule has 0 aliphatic heterocycles. The minimum absolute atomic E-state index is 0.183. The summed E-state index contributed by atoms with van der Waals surface area (Å²) in [6, 6.07) is 16.5. The summed E-state index contributed by atoms with van der Waals surface area (Å²) in [7, 11) is 4.83. The number of benzene rings is 2. The molecule has 0 bridgehead atoms. The zero-order valence-corrected chi connectivity index (χ0v) is 20.3. The SMILES string of the molecule is COc1ccc(N(CCN(C)C)S(=O)(=O)c2ccc3c(c2)c2ccccc2n3C)c(OC)n1. The molecule has 2 aromatic heterocycles. The van der Waals surface area contributed by atoms with Crippen LogP contribution in [0.15, 0.2) is 59.5 Å². The Labute approximate surface area is 194 Å². The van der Waals surface area contributed by atoms with Crippen LogP contribution in [0.3, 0.4) is 0 Å². The number of para-hydroxylation sites is 1. The molecule has 0 fully saturated rings. The molecule has 0 N–H and O–H groups in total. The van der Waals surface area contributed by atoms with E-state index in [4.69, 9.17) is 9.47 Å². The quantitative estimate of drug-likeness (QED) is 0.394. The van der Waals surface area contributed by atoms with E-state index in [-0.39, 0.29) is 17.3 Å². The van der Waals surface area contributed by atoms with Gasteiger partial charge in [0.15, 0.2) is 0 Å². The number of pyridine rings is 1. The number of aryl methyl sites for hydroxylation is 1. The highest BCUT2D eigenvalue weighted by atomic mass is 32.2. The largest absolute Gasteiger partial charge is 0.481 e. The molecule has 33 heavy (non-hydrogen) atoms. The Balaban J connectivity index is 1.88. The smallest absolute Gasteiger partial charge is 0.264 e. The molecule has 0 unspecified atom stereocenters. The first-order chi connectivity index (χ1) is 15.8. The topological polar surface area (TPSA) is 76.9 Å². The van der Waals surface area contributed by atoms with Crippen molar-refractivity contribution in [1.29, 1.82) is 0 Å². The predicted molar refractivity (Wildman–Crippen MR) is 131 cm³/mol. The van der Waals surface area contributed by atoms with Crippen LogP contribution in [-0.2, 0) is 17.1 Å². The van der Waals surface area contributed by atoms with Gasteiger partial charge in [-0.25, -0.2) is 8.42 Å². The Bertz CT molecular complexity index is 1410. The van der Waals surface area contributed by atoms with Crippen LogP contribution >= 0.6 is 0 Å². The average molecular weight is 469 g/mol. The van der Waals surface area contributed by atoms with Crippen LogP contribution in [0.5, 0.6) is 11.8 Å². The molecule has 174 valence electrons. The van der Waals surface area contributed by atoms with Crippen LogP contribution in [-0.4, -0.2) is 64.3 Å². The molecular weight excluding hydrogens is 440 g/mol. The first-order valence-electron chi connectivity index (χ1n) is 10.5. The van der Waals surface area contributed by atoms with Crippen molar-refractivity contribution in [1.82, 2.24) is 14.5 Å². The maximum atomic E-state index is 13.9. The summed E-state index contributed by atoms with van der Waals surface area (Å²) in [6.07, 6.45) is 0. The standard InChI is InChI=1S/C24H28N4O4S/c1-26(2)14-15-28(22-12-13-23(31-4)25-24(22)32-5)33(29,30)17-10-11-21-19(16-17)18-8-6-7-9-20(18)27(21)3/h6-13,16H,14-15H2,1-5H3. The zero-order chi connectivity index (χ0) is 23.8. The molecule has 0 atom stereocenters. The van der Waals surface area contributed by atoms with Crippen LogP contribution < -0.4 is 13.8 Å². The van der Waals surface area contributed by atoms with Gasteiger partial charge in [-0.3, -0.25) is 4.31 Å². The van der Waals surface area contributed by atoms with Gasteiger partial charge in [-0.2, -0.15) is 4.98 Å². The molecule has 4 rings (SSSR count). The monoisotopic (exact) mass is 468 g/mol. The number of sulfonamides is 1. The average Bonchev–Trinajstić information content (AvgIpc) is 3.10. The molecule has 0 aliphatic rings. The van der Waals surface area contributed by atoms with Gasteiger partial charge in [0.2, 0.25) is 11.8 Å². The Morgan fingerprint density at radius 1 is 0.909 bits per heavy atom. The van der Waals surface area contributed by atoms with E-state index < -0.39 is 10.0 Å². The molecule has 0 amide bonds. The fraction of sp³-hybridized carbons (Fsp3) is 0.292. The van der Waals surface area contributed by atoms with Gasteiger partial charge < -0.3 is 18.9 Å². The van der Waals surface area contributed by atoms with Crippen molar-refractivity contribution in [2.45, 2.75) is 4.90 Å². The third kappa shape index (κ3) is 4.09. The molecule has 0 saturated carbocycles. The molecule has 0 radical (unpaired) electrons. The lowest BCUT2D eigenvalue weighted by Crippen LogP contribution is -2.37. The van der Waals surface area contributed by atoms with Crippen LogP contribution in [0.4, 0.5) is 5.69 Å². The lowest BCUT2D eigenvalue weighted by molar-refractivity contribution is 0.364. The number of aromatic nitrogens is 2. The second-order valence-electron chi connectivity index (χ2n) is 8.02. The van der Waals surface area contributed by atoms with Crippen LogP contribution in [0.2, 0.25) is 0 Å². The number of methoxy groups -OCH3 is 2. The molecule has 8 nitrogen and oxygen atoms in total. The van der Waals surface area contributed by atoms with Crippen LogP contribution in [0, 0.1) is 0 Å². The second-order valence-corrected chi connectivity index (χ2v) is 9.88. The van der Waals surface area contributed by atoms with E-state index in [1.165, 1.54) is 18.5 Å².